The average Bonchev–Trinajstić information content (AvgIpc) is 2.90. The van der Waals surface area contributed by atoms with Gasteiger partial charge < -0.3 is 15.5 Å². The molecule has 2 N–H and O–H groups in total. The number of anilines is 3. The first kappa shape index (κ1) is 25.8. The standard InChI is InChI=1S/C30H32FN5O/c1-4-5-6-7-8-21-11-18-26-27(19-21)34-30(36(2)3)35-28(26)32-20-22-9-16-25(17-10-22)33-29(37)23-12-14-24(31)15-13-23/h7-19H,4-6,20H2,1-3H3,(H,33,37)(H,32,34,35)/b8-7+. The first-order chi connectivity index (χ1) is 17.9. The number of rotatable bonds is 10. The topological polar surface area (TPSA) is 70.2 Å². The van der Waals surface area contributed by atoms with Gasteiger partial charge in [0.15, 0.2) is 0 Å². The molecular formula is C30H32FN5O. The van der Waals surface area contributed by atoms with Gasteiger partial charge in [-0.1, -0.05) is 50.1 Å². The zero-order valence-corrected chi connectivity index (χ0v) is 21.5. The Labute approximate surface area is 217 Å². The second-order valence-corrected chi connectivity index (χ2v) is 9.10. The van der Waals surface area contributed by atoms with Crippen molar-refractivity contribution in [2.75, 3.05) is 29.6 Å². The largest absolute Gasteiger partial charge is 0.365 e. The van der Waals surface area contributed by atoms with Crippen molar-refractivity contribution in [1.29, 1.82) is 0 Å². The van der Waals surface area contributed by atoms with Gasteiger partial charge in [-0.3, -0.25) is 4.79 Å². The van der Waals surface area contributed by atoms with Crippen LogP contribution in [0.3, 0.4) is 0 Å². The third kappa shape index (κ3) is 6.91. The van der Waals surface area contributed by atoms with Crippen molar-refractivity contribution >= 4 is 40.3 Å². The van der Waals surface area contributed by atoms with Crippen LogP contribution in [0.4, 0.5) is 21.8 Å². The van der Waals surface area contributed by atoms with Crippen molar-refractivity contribution in [3.63, 3.8) is 0 Å². The van der Waals surface area contributed by atoms with E-state index in [1.807, 2.05) is 43.3 Å². The van der Waals surface area contributed by atoms with E-state index < -0.39 is 0 Å². The quantitative estimate of drug-likeness (QED) is 0.233. The van der Waals surface area contributed by atoms with Gasteiger partial charge in [0.1, 0.15) is 11.6 Å². The molecule has 4 rings (SSSR count). The van der Waals surface area contributed by atoms with Crippen LogP contribution < -0.4 is 15.5 Å². The van der Waals surface area contributed by atoms with Gasteiger partial charge in [-0.2, -0.15) is 4.98 Å². The van der Waals surface area contributed by atoms with Crippen LogP contribution in [0.2, 0.25) is 0 Å². The summed E-state index contributed by atoms with van der Waals surface area (Å²) < 4.78 is 13.1. The predicted molar refractivity (Wildman–Crippen MR) is 151 cm³/mol. The number of fused-ring (bicyclic) bond motifs is 1. The Morgan fingerprint density at radius 3 is 2.46 bits per heavy atom. The Bertz CT molecular complexity index is 1380. The Morgan fingerprint density at radius 1 is 1.00 bits per heavy atom. The molecule has 6 nitrogen and oxygen atoms in total. The van der Waals surface area contributed by atoms with Crippen molar-refractivity contribution in [3.8, 4) is 0 Å². The summed E-state index contributed by atoms with van der Waals surface area (Å²) in [6, 6.07) is 19.3. The van der Waals surface area contributed by atoms with Crippen molar-refractivity contribution in [3.05, 3.63) is 95.3 Å². The summed E-state index contributed by atoms with van der Waals surface area (Å²) in [6.45, 7) is 2.75. The highest BCUT2D eigenvalue weighted by molar-refractivity contribution is 6.04. The molecule has 0 unspecified atom stereocenters. The number of allylic oxidation sites excluding steroid dienone is 1. The maximum Gasteiger partial charge on any atom is 0.255 e. The molecule has 1 heterocycles. The van der Waals surface area contributed by atoms with Gasteiger partial charge in [-0.25, -0.2) is 9.37 Å². The molecule has 0 radical (unpaired) electrons. The van der Waals surface area contributed by atoms with Crippen LogP contribution in [0.25, 0.3) is 17.0 Å². The Balaban J connectivity index is 1.47. The van der Waals surface area contributed by atoms with Gasteiger partial charge in [0.25, 0.3) is 5.91 Å². The number of nitrogens with one attached hydrogen (secondary N) is 2. The molecule has 0 spiro atoms. The third-order valence-electron chi connectivity index (χ3n) is 5.92. The highest BCUT2D eigenvalue weighted by atomic mass is 19.1. The first-order valence-electron chi connectivity index (χ1n) is 12.5. The molecular weight excluding hydrogens is 465 g/mol. The van der Waals surface area contributed by atoms with E-state index in [9.17, 15) is 9.18 Å². The van der Waals surface area contributed by atoms with Gasteiger partial charge in [0.2, 0.25) is 5.95 Å². The molecule has 3 aromatic carbocycles. The van der Waals surface area contributed by atoms with Gasteiger partial charge in [0, 0.05) is 37.3 Å². The number of hydrogen-bond acceptors (Lipinski definition) is 5. The SMILES string of the molecule is CCCC/C=C/c1ccc2c(NCc3ccc(NC(=O)c4ccc(F)cc4)cc3)nc(N(C)C)nc2c1. The molecule has 0 aliphatic carbocycles. The number of carbonyl (C=O) groups is 1. The molecule has 0 bridgehead atoms. The van der Waals surface area contributed by atoms with E-state index >= 15 is 0 Å². The number of carbonyl (C=O) groups excluding carboxylic acids is 1. The zero-order valence-electron chi connectivity index (χ0n) is 21.5. The monoisotopic (exact) mass is 497 g/mol. The van der Waals surface area contributed by atoms with E-state index in [2.05, 4.69) is 47.9 Å². The van der Waals surface area contributed by atoms with E-state index in [1.165, 1.54) is 37.1 Å². The minimum absolute atomic E-state index is 0.283. The minimum Gasteiger partial charge on any atom is -0.365 e. The Morgan fingerprint density at radius 2 is 1.76 bits per heavy atom. The second-order valence-electron chi connectivity index (χ2n) is 9.10. The molecule has 0 aliphatic heterocycles. The number of halogens is 1. The molecule has 0 fully saturated rings. The lowest BCUT2D eigenvalue weighted by molar-refractivity contribution is 0.102. The lowest BCUT2D eigenvalue weighted by Crippen LogP contribution is -2.14. The number of benzene rings is 3. The molecule has 0 saturated heterocycles. The van der Waals surface area contributed by atoms with E-state index in [0.29, 0.717) is 23.7 Å². The van der Waals surface area contributed by atoms with E-state index in [4.69, 9.17) is 9.97 Å². The fraction of sp³-hybridized carbons (Fsp3) is 0.233. The van der Waals surface area contributed by atoms with Gasteiger partial charge in [0.05, 0.1) is 5.52 Å². The molecule has 7 heteroatoms. The maximum absolute atomic E-state index is 13.1. The Hall–Kier alpha value is -4.26. The van der Waals surface area contributed by atoms with Crippen LogP contribution in [0.1, 0.15) is 47.7 Å². The number of amides is 1. The third-order valence-corrected chi connectivity index (χ3v) is 5.92. The van der Waals surface area contributed by atoms with Crippen LogP contribution in [0.15, 0.2) is 72.8 Å². The van der Waals surface area contributed by atoms with E-state index in [-0.39, 0.29) is 11.7 Å². The lowest BCUT2D eigenvalue weighted by atomic mass is 10.1. The summed E-state index contributed by atoms with van der Waals surface area (Å²) in [5.41, 5.74) is 4.11. The van der Waals surface area contributed by atoms with E-state index in [0.717, 1.165) is 34.3 Å². The van der Waals surface area contributed by atoms with Crippen LogP contribution >= 0.6 is 0 Å². The molecule has 1 aromatic heterocycles. The fourth-order valence-electron chi connectivity index (χ4n) is 3.81. The fourth-order valence-corrected chi connectivity index (χ4v) is 3.81. The van der Waals surface area contributed by atoms with E-state index in [1.54, 1.807) is 0 Å². The van der Waals surface area contributed by atoms with Gasteiger partial charge in [-0.05, 0) is 66.1 Å². The van der Waals surface area contributed by atoms with Crippen molar-refractivity contribution in [2.45, 2.75) is 32.7 Å². The summed E-state index contributed by atoms with van der Waals surface area (Å²) in [4.78, 5) is 23.7. The number of aromatic nitrogens is 2. The zero-order chi connectivity index (χ0) is 26.2. The van der Waals surface area contributed by atoms with Crippen LogP contribution in [0.5, 0.6) is 0 Å². The van der Waals surface area contributed by atoms with Crippen LogP contribution in [-0.4, -0.2) is 30.0 Å². The smallest absolute Gasteiger partial charge is 0.255 e. The number of hydrogen-bond donors (Lipinski definition) is 2. The molecule has 0 atom stereocenters. The predicted octanol–water partition coefficient (Wildman–Crippen LogP) is 6.90. The summed E-state index contributed by atoms with van der Waals surface area (Å²) in [7, 11) is 3.86. The summed E-state index contributed by atoms with van der Waals surface area (Å²) in [5.74, 6) is 0.751. The highest BCUT2D eigenvalue weighted by Crippen LogP contribution is 2.25. The normalized spacial score (nSPS) is 11.1. The highest BCUT2D eigenvalue weighted by Gasteiger charge is 2.10. The molecule has 37 heavy (non-hydrogen) atoms. The van der Waals surface area contributed by atoms with Crippen molar-refractivity contribution < 1.29 is 9.18 Å². The molecule has 190 valence electrons. The van der Waals surface area contributed by atoms with Crippen LogP contribution in [-0.2, 0) is 6.54 Å². The molecule has 1 amide bonds. The lowest BCUT2D eigenvalue weighted by Gasteiger charge is -2.15. The molecule has 0 saturated carbocycles. The summed E-state index contributed by atoms with van der Waals surface area (Å²) in [6.07, 6.45) is 7.80. The first-order valence-corrected chi connectivity index (χ1v) is 12.5. The summed E-state index contributed by atoms with van der Waals surface area (Å²) >= 11 is 0. The van der Waals surface area contributed by atoms with Crippen LogP contribution in [0, 0.1) is 5.82 Å². The van der Waals surface area contributed by atoms with Gasteiger partial charge >= 0.3 is 0 Å². The second kappa shape index (κ2) is 12.1. The minimum atomic E-state index is -0.373. The van der Waals surface area contributed by atoms with Gasteiger partial charge in [-0.15, -0.1) is 0 Å². The van der Waals surface area contributed by atoms with Crippen molar-refractivity contribution in [2.24, 2.45) is 0 Å². The average molecular weight is 498 g/mol. The molecule has 4 aromatic rings. The van der Waals surface area contributed by atoms with Crippen molar-refractivity contribution in [1.82, 2.24) is 9.97 Å². The Kier molecular flexibility index (Phi) is 8.46. The number of nitrogens with zero attached hydrogens (tertiary/aromatic N) is 3. The molecule has 0 aliphatic rings. The maximum atomic E-state index is 13.1. The summed E-state index contributed by atoms with van der Waals surface area (Å²) in [5, 5.41) is 7.25. The number of unbranched alkanes of at least 4 members (excludes halogenated alkanes) is 2.